The molecule has 6 heteroatoms. The molecule has 0 radical (unpaired) electrons. The van der Waals surface area contributed by atoms with Gasteiger partial charge in [0, 0.05) is 31.9 Å². The van der Waals surface area contributed by atoms with E-state index in [0.29, 0.717) is 6.54 Å². The Morgan fingerprint density at radius 3 is 2.44 bits per heavy atom. The number of benzene rings is 1. The van der Waals surface area contributed by atoms with Crippen LogP contribution >= 0.6 is 0 Å². The van der Waals surface area contributed by atoms with Crippen LogP contribution in [0, 0.1) is 19.8 Å². The number of aryl methyl sites for hydroxylation is 1. The van der Waals surface area contributed by atoms with Crippen molar-refractivity contribution in [1.29, 1.82) is 0 Å². The molecule has 1 aliphatic rings. The third-order valence-electron chi connectivity index (χ3n) is 5.64. The third-order valence-corrected chi connectivity index (χ3v) is 5.64. The minimum atomic E-state index is -0.580. The Hall–Kier alpha value is -2.08. The van der Waals surface area contributed by atoms with Gasteiger partial charge in [0.25, 0.3) is 0 Å². The van der Waals surface area contributed by atoms with Crippen molar-refractivity contribution in [2.45, 2.75) is 40.2 Å². The lowest BCUT2D eigenvalue weighted by Gasteiger charge is -2.37. The molecule has 0 bridgehead atoms. The lowest BCUT2D eigenvalue weighted by Crippen LogP contribution is -2.52. The maximum absolute atomic E-state index is 12.4. The number of hydrogen-bond donors (Lipinski definition) is 1. The largest absolute Gasteiger partial charge is 0.467 e. The quantitative estimate of drug-likeness (QED) is 0.740. The average Bonchev–Trinajstić information content (AvgIpc) is 2.67. The molecule has 150 valence electrons. The Balaban J connectivity index is 1.88. The van der Waals surface area contributed by atoms with Crippen LogP contribution in [0.4, 0.5) is 5.69 Å². The van der Waals surface area contributed by atoms with Crippen LogP contribution in [0.1, 0.15) is 31.4 Å². The van der Waals surface area contributed by atoms with Gasteiger partial charge in [-0.15, -0.1) is 0 Å². The van der Waals surface area contributed by atoms with Gasteiger partial charge >= 0.3 is 5.97 Å². The number of carbonyl (C=O) groups is 2. The molecule has 0 aromatic heterocycles. The van der Waals surface area contributed by atoms with Crippen LogP contribution in [-0.4, -0.2) is 62.7 Å². The molecule has 2 unspecified atom stereocenters. The van der Waals surface area contributed by atoms with Gasteiger partial charge in [0.1, 0.15) is 6.04 Å². The zero-order valence-electron chi connectivity index (χ0n) is 17.2. The van der Waals surface area contributed by atoms with Crippen molar-refractivity contribution >= 4 is 17.6 Å². The van der Waals surface area contributed by atoms with E-state index in [2.05, 4.69) is 47.2 Å². The van der Waals surface area contributed by atoms with Gasteiger partial charge in [-0.05, 0) is 37.0 Å². The van der Waals surface area contributed by atoms with Gasteiger partial charge in [0.15, 0.2) is 0 Å². The number of carbonyl (C=O) groups excluding carboxylic acids is 2. The fraction of sp³-hybridized carbons (Fsp3) is 0.619. The minimum absolute atomic E-state index is 0.0440. The molecule has 1 aromatic carbocycles. The average molecular weight is 376 g/mol. The van der Waals surface area contributed by atoms with Crippen LogP contribution < -0.4 is 10.2 Å². The minimum Gasteiger partial charge on any atom is -0.467 e. The fourth-order valence-corrected chi connectivity index (χ4v) is 3.44. The molecular weight excluding hydrogens is 342 g/mol. The van der Waals surface area contributed by atoms with Crippen molar-refractivity contribution in [2.75, 3.05) is 44.7 Å². The first-order chi connectivity index (χ1) is 12.9. The Bertz CT molecular complexity index is 654. The van der Waals surface area contributed by atoms with Crippen molar-refractivity contribution < 1.29 is 14.3 Å². The van der Waals surface area contributed by atoms with Crippen LogP contribution in [0.5, 0.6) is 0 Å². The second-order valence-corrected chi connectivity index (χ2v) is 7.44. The highest BCUT2D eigenvalue weighted by atomic mass is 16.5. The number of esters is 1. The van der Waals surface area contributed by atoms with Crippen LogP contribution in [0.15, 0.2) is 18.2 Å². The summed E-state index contributed by atoms with van der Waals surface area (Å²) < 4.78 is 4.84. The standard InChI is InChI=1S/C21H33N3O3/c1-6-15(2)20(21(26)27-5)22-19(25)14-23-10-12-24(13-11-23)18-9-7-8-16(3)17(18)4/h7-9,15,20H,6,10-14H2,1-5H3,(H,22,25). The molecule has 1 saturated heterocycles. The summed E-state index contributed by atoms with van der Waals surface area (Å²) in [7, 11) is 1.36. The van der Waals surface area contributed by atoms with Gasteiger partial charge in [0.05, 0.1) is 13.7 Å². The molecule has 0 spiro atoms. The summed E-state index contributed by atoms with van der Waals surface area (Å²) in [5, 5.41) is 2.86. The molecule has 0 aliphatic carbocycles. The zero-order chi connectivity index (χ0) is 20.0. The fourth-order valence-electron chi connectivity index (χ4n) is 3.44. The summed E-state index contributed by atoms with van der Waals surface area (Å²) in [5.74, 6) is -0.453. The first-order valence-electron chi connectivity index (χ1n) is 9.78. The summed E-state index contributed by atoms with van der Waals surface area (Å²) in [5.41, 5.74) is 3.90. The number of amides is 1. The van der Waals surface area contributed by atoms with Crippen molar-refractivity contribution in [3.8, 4) is 0 Å². The molecule has 1 heterocycles. The maximum Gasteiger partial charge on any atom is 0.328 e. The zero-order valence-corrected chi connectivity index (χ0v) is 17.2. The predicted molar refractivity (Wildman–Crippen MR) is 108 cm³/mol. The maximum atomic E-state index is 12.4. The molecule has 1 fully saturated rings. The van der Waals surface area contributed by atoms with Crippen molar-refractivity contribution in [3.63, 3.8) is 0 Å². The molecule has 2 atom stereocenters. The van der Waals surface area contributed by atoms with E-state index in [4.69, 9.17) is 4.74 Å². The molecule has 27 heavy (non-hydrogen) atoms. The van der Waals surface area contributed by atoms with E-state index < -0.39 is 6.04 Å². The first kappa shape index (κ1) is 21.2. The Kier molecular flexibility index (Phi) is 7.66. The van der Waals surface area contributed by atoms with E-state index in [1.54, 1.807) is 0 Å². The normalized spacial score (nSPS) is 17.3. The molecule has 2 rings (SSSR count). The Morgan fingerprint density at radius 1 is 1.19 bits per heavy atom. The highest BCUT2D eigenvalue weighted by molar-refractivity contribution is 5.85. The molecule has 6 nitrogen and oxygen atoms in total. The molecular formula is C21H33N3O3. The first-order valence-corrected chi connectivity index (χ1v) is 9.78. The van der Waals surface area contributed by atoms with Gasteiger partial charge in [0.2, 0.25) is 5.91 Å². The van der Waals surface area contributed by atoms with Crippen LogP contribution in [0.3, 0.4) is 0 Å². The second-order valence-electron chi connectivity index (χ2n) is 7.44. The second kappa shape index (κ2) is 9.74. The molecule has 1 amide bonds. The number of nitrogens with one attached hydrogen (secondary N) is 1. The van der Waals surface area contributed by atoms with Crippen LogP contribution in [0.2, 0.25) is 0 Å². The van der Waals surface area contributed by atoms with E-state index in [-0.39, 0.29) is 17.8 Å². The van der Waals surface area contributed by atoms with Gasteiger partial charge in [-0.1, -0.05) is 32.4 Å². The molecule has 1 aliphatic heterocycles. The Morgan fingerprint density at radius 2 is 1.85 bits per heavy atom. The number of methoxy groups -OCH3 is 1. The number of hydrogen-bond acceptors (Lipinski definition) is 5. The lowest BCUT2D eigenvalue weighted by atomic mass is 9.99. The Labute approximate surface area is 162 Å². The van der Waals surface area contributed by atoms with E-state index in [0.717, 1.165) is 32.6 Å². The van der Waals surface area contributed by atoms with Gasteiger partial charge in [-0.2, -0.15) is 0 Å². The lowest BCUT2D eigenvalue weighted by molar-refractivity contribution is -0.146. The number of ether oxygens (including phenoxy) is 1. The number of rotatable bonds is 7. The van der Waals surface area contributed by atoms with E-state index in [1.165, 1.54) is 23.9 Å². The molecule has 1 N–H and O–H groups in total. The van der Waals surface area contributed by atoms with Gasteiger partial charge in [-0.3, -0.25) is 9.69 Å². The van der Waals surface area contributed by atoms with Crippen molar-refractivity contribution in [1.82, 2.24) is 10.2 Å². The number of nitrogens with zero attached hydrogens (tertiary/aromatic N) is 2. The van der Waals surface area contributed by atoms with Crippen molar-refractivity contribution in [3.05, 3.63) is 29.3 Å². The van der Waals surface area contributed by atoms with Gasteiger partial charge in [-0.25, -0.2) is 4.79 Å². The monoisotopic (exact) mass is 375 g/mol. The number of anilines is 1. The highest BCUT2D eigenvalue weighted by Crippen LogP contribution is 2.23. The molecule has 1 aromatic rings. The van der Waals surface area contributed by atoms with Gasteiger partial charge < -0.3 is 15.0 Å². The summed E-state index contributed by atoms with van der Waals surface area (Å²) in [6.45, 7) is 12.0. The van der Waals surface area contributed by atoms with Crippen LogP contribution in [0.25, 0.3) is 0 Å². The predicted octanol–water partition coefficient (Wildman–Crippen LogP) is 2.13. The topological polar surface area (TPSA) is 61.9 Å². The third kappa shape index (κ3) is 5.45. The van der Waals surface area contributed by atoms with Crippen LogP contribution in [-0.2, 0) is 14.3 Å². The highest BCUT2D eigenvalue weighted by Gasteiger charge is 2.28. The van der Waals surface area contributed by atoms with E-state index in [9.17, 15) is 9.59 Å². The summed E-state index contributed by atoms with van der Waals surface area (Å²) >= 11 is 0. The van der Waals surface area contributed by atoms with E-state index >= 15 is 0 Å². The smallest absolute Gasteiger partial charge is 0.328 e. The van der Waals surface area contributed by atoms with Crippen molar-refractivity contribution in [2.24, 2.45) is 5.92 Å². The molecule has 0 saturated carbocycles. The van der Waals surface area contributed by atoms with E-state index in [1.807, 2.05) is 13.8 Å². The summed E-state index contributed by atoms with van der Waals surface area (Å²) in [6.07, 6.45) is 0.800. The summed E-state index contributed by atoms with van der Waals surface area (Å²) in [6, 6.07) is 5.81. The number of piperazine rings is 1. The summed E-state index contributed by atoms with van der Waals surface area (Å²) in [4.78, 5) is 28.9. The SMILES string of the molecule is CCC(C)C(NC(=O)CN1CCN(c2cccc(C)c2C)CC1)C(=O)OC.